The van der Waals surface area contributed by atoms with Gasteiger partial charge in [-0.3, -0.25) is 4.98 Å². The molecule has 0 aliphatic heterocycles. The van der Waals surface area contributed by atoms with Crippen molar-refractivity contribution < 1.29 is 0 Å². The maximum absolute atomic E-state index is 5.81. The third-order valence-electron chi connectivity index (χ3n) is 2.47. The summed E-state index contributed by atoms with van der Waals surface area (Å²) in [6.07, 6.45) is 1.78. The minimum atomic E-state index is -0.789. The predicted molar refractivity (Wildman–Crippen MR) is 68.5 cm³/mol. The topological polar surface area (TPSA) is 12.9 Å². The van der Waals surface area contributed by atoms with E-state index in [2.05, 4.69) is 4.98 Å². The summed E-state index contributed by atoms with van der Waals surface area (Å²) < 4.78 is 0. The van der Waals surface area contributed by atoms with Gasteiger partial charge in [0.05, 0.1) is 21.4 Å². The zero-order valence-electron chi connectivity index (χ0n) is 9.22. The normalized spacial score (nSPS) is 11.3. The van der Waals surface area contributed by atoms with Crippen LogP contribution in [0.2, 0.25) is 0 Å². The van der Waals surface area contributed by atoms with Crippen LogP contribution in [0.3, 0.4) is 0 Å². The summed E-state index contributed by atoms with van der Waals surface area (Å²) in [7, 11) is 11.6. The molecule has 0 aliphatic rings. The Hall–Kier alpha value is -1.50. The summed E-state index contributed by atoms with van der Waals surface area (Å²) in [5.74, 6) is 0. The third kappa shape index (κ3) is 2.35. The smallest absolute Gasteiger partial charge is 0.0701 e. The van der Waals surface area contributed by atoms with E-state index in [4.69, 9.17) is 15.7 Å². The van der Waals surface area contributed by atoms with Crippen LogP contribution in [0.15, 0.2) is 48.7 Å². The molecule has 0 unspecified atom stereocenters. The first-order valence-electron chi connectivity index (χ1n) is 5.17. The van der Waals surface area contributed by atoms with Gasteiger partial charge in [-0.2, -0.15) is 0 Å². The highest BCUT2D eigenvalue weighted by molar-refractivity contribution is 6.39. The molecule has 74 valence electrons. The van der Waals surface area contributed by atoms with Gasteiger partial charge in [0, 0.05) is 11.8 Å². The Kier molecular flexibility index (Phi) is 2.86. The van der Waals surface area contributed by atoms with Gasteiger partial charge < -0.3 is 0 Å². The lowest BCUT2D eigenvalue weighted by Crippen LogP contribution is -2.21. The Bertz CT molecular complexity index is 458. The van der Waals surface area contributed by atoms with Crippen LogP contribution in [-0.4, -0.2) is 20.7 Å². The van der Waals surface area contributed by atoms with Crippen LogP contribution in [0.5, 0.6) is 0 Å². The van der Waals surface area contributed by atoms with Gasteiger partial charge in [-0.15, -0.1) is 0 Å². The number of aromatic nitrogens is 1. The largest absolute Gasteiger partial charge is 0.256 e. The van der Waals surface area contributed by atoms with Crippen LogP contribution in [0.1, 0.15) is 12.5 Å². The van der Waals surface area contributed by atoms with Crippen LogP contribution >= 0.6 is 0 Å². The summed E-state index contributed by atoms with van der Waals surface area (Å²) >= 11 is 0. The van der Waals surface area contributed by atoms with E-state index in [1.54, 1.807) is 13.1 Å². The number of hydrogen-bond acceptors (Lipinski definition) is 1. The van der Waals surface area contributed by atoms with E-state index >= 15 is 0 Å². The lowest BCUT2D eigenvalue weighted by atomic mass is 9.52. The molecule has 1 heterocycles. The Morgan fingerprint density at radius 2 is 1.69 bits per heavy atom. The van der Waals surface area contributed by atoms with Gasteiger partial charge in [0.1, 0.15) is 0 Å². The van der Waals surface area contributed by atoms with Crippen molar-refractivity contribution >= 4 is 15.7 Å². The fraction of sp³-hybridized carbons (Fsp3) is 0.154. The van der Waals surface area contributed by atoms with E-state index in [0.717, 1.165) is 16.8 Å². The van der Waals surface area contributed by atoms with Crippen molar-refractivity contribution in [2.45, 2.75) is 12.1 Å². The van der Waals surface area contributed by atoms with Crippen molar-refractivity contribution in [3.63, 3.8) is 0 Å². The lowest BCUT2D eigenvalue weighted by molar-refractivity contribution is 0.973. The second-order valence-electron chi connectivity index (χ2n) is 4.08. The van der Waals surface area contributed by atoms with Gasteiger partial charge in [0.2, 0.25) is 0 Å². The predicted octanol–water partition coefficient (Wildman–Crippen LogP) is 2.26. The van der Waals surface area contributed by atoms with Gasteiger partial charge in [-0.05, 0) is 12.1 Å². The molecule has 1 nitrogen and oxygen atoms in total. The van der Waals surface area contributed by atoms with E-state index < -0.39 is 5.21 Å². The van der Waals surface area contributed by atoms with E-state index in [1.807, 2.05) is 42.5 Å². The average Bonchev–Trinajstić information content (AvgIpc) is 2.29. The highest BCUT2D eigenvalue weighted by atomic mass is 14.7. The van der Waals surface area contributed by atoms with Crippen molar-refractivity contribution in [2.75, 3.05) is 0 Å². The lowest BCUT2D eigenvalue weighted by Gasteiger charge is -2.20. The molecule has 0 atom stereocenters. The number of benzene rings is 1. The molecule has 0 bridgehead atoms. The Labute approximate surface area is 98.7 Å². The molecule has 16 heavy (non-hydrogen) atoms. The van der Waals surface area contributed by atoms with Gasteiger partial charge in [0.25, 0.3) is 0 Å². The number of nitrogens with zero attached hydrogens (tertiary/aromatic N) is 1. The Balaban J connectivity index is 2.34. The fourth-order valence-corrected chi connectivity index (χ4v) is 1.53. The summed E-state index contributed by atoms with van der Waals surface area (Å²) in [6.45, 7) is 1.78. The summed E-state index contributed by atoms with van der Waals surface area (Å²) in [4.78, 5) is 4.28. The molecule has 4 radical (unpaired) electrons. The van der Waals surface area contributed by atoms with Crippen LogP contribution in [-0.2, 0) is 5.21 Å². The van der Waals surface area contributed by atoms with Crippen molar-refractivity contribution in [3.05, 3.63) is 54.2 Å². The molecule has 0 fully saturated rings. The minimum Gasteiger partial charge on any atom is -0.256 e. The number of rotatable bonds is 2. The van der Waals surface area contributed by atoms with Gasteiger partial charge in [0.15, 0.2) is 0 Å². The molecule has 2 aromatic rings. The molecule has 2 rings (SSSR count). The second kappa shape index (κ2) is 4.17. The fourth-order valence-electron chi connectivity index (χ4n) is 1.53. The molecule has 0 aliphatic carbocycles. The maximum Gasteiger partial charge on any atom is 0.0701 e. The second-order valence-corrected chi connectivity index (χ2v) is 4.08. The molecule has 0 saturated carbocycles. The first-order chi connectivity index (χ1) is 7.57. The van der Waals surface area contributed by atoms with Crippen molar-refractivity contribution in [1.29, 1.82) is 0 Å². The minimum absolute atomic E-state index is 0.789. The van der Waals surface area contributed by atoms with E-state index in [1.165, 1.54) is 0 Å². The molecule has 1 aromatic heterocycles. The number of hydrogen-bond donors (Lipinski definition) is 0. The van der Waals surface area contributed by atoms with Crippen LogP contribution in [0, 0.1) is 0 Å². The van der Waals surface area contributed by atoms with Gasteiger partial charge in [-0.25, -0.2) is 0 Å². The molecule has 0 N–H and O–H groups in total. The van der Waals surface area contributed by atoms with E-state index in [0.29, 0.717) is 0 Å². The molecule has 1 aromatic carbocycles. The van der Waals surface area contributed by atoms with Crippen LogP contribution in [0.25, 0.3) is 11.3 Å². The molecular weight excluding hydrogens is 192 g/mol. The zero-order chi connectivity index (χ0) is 11.6. The molecule has 0 saturated heterocycles. The van der Waals surface area contributed by atoms with Gasteiger partial charge >= 0.3 is 0 Å². The summed E-state index contributed by atoms with van der Waals surface area (Å²) in [5, 5.41) is -0.789. The SMILES string of the molecule is [B]C([B])(C)c1ccc(-c2ccccn2)cc1. The summed E-state index contributed by atoms with van der Waals surface area (Å²) in [6, 6.07) is 13.7. The van der Waals surface area contributed by atoms with Crippen molar-refractivity contribution in [3.8, 4) is 11.3 Å². The highest BCUT2D eigenvalue weighted by Gasteiger charge is 2.12. The summed E-state index contributed by atoms with van der Waals surface area (Å²) in [5.41, 5.74) is 2.92. The molecule has 0 spiro atoms. The van der Waals surface area contributed by atoms with Gasteiger partial charge in [-0.1, -0.05) is 48.0 Å². The molecular formula is C13H11B2N. The van der Waals surface area contributed by atoms with Crippen LogP contribution < -0.4 is 0 Å². The van der Waals surface area contributed by atoms with Crippen LogP contribution in [0.4, 0.5) is 0 Å². The van der Waals surface area contributed by atoms with E-state index in [9.17, 15) is 0 Å². The Morgan fingerprint density at radius 1 is 1.00 bits per heavy atom. The quantitative estimate of drug-likeness (QED) is 0.682. The average molecular weight is 203 g/mol. The third-order valence-corrected chi connectivity index (χ3v) is 2.47. The Morgan fingerprint density at radius 3 is 2.19 bits per heavy atom. The zero-order valence-corrected chi connectivity index (χ0v) is 9.22. The highest BCUT2D eigenvalue weighted by Crippen LogP contribution is 2.21. The van der Waals surface area contributed by atoms with Crippen molar-refractivity contribution in [1.82, 2.24) is 4.98 Å². The monoisotopic (exact) mass is 203 g/mol. The first-order valence-corrected chi connectivity index (χ1v) is 5.17. The van der Waals surface area contributed by atoms with Crippen molar-refractivity contribution in [2.24, 2.45) is 0 Å². The number of pyridine rings is 1. The molecule has 0 amide bonds. The standard InChI is InChI=1S/C13H11B2N/c1-13(14,15)11-7-5-10(6-8-11)12-4-2-3-9-16-12/h2-9H,1H3. The maximum atomic E-state index is 5.81. The first kappa shape index (κ1) is 11.0. The van der Waals surface area contributed by atoms with E-state index in [-0.39, 0.29) is 0 Å². The molecule has 3 heteroatoms.